The Kier molecular flexibility index (Phi) is 7.80. The van der Waals surface area contributed by atoms with E-state index in [1.54, 1.807) is 0 Å². The Labute approximate surface area is 181 Å². The smallest absolute Gasteiger partial charge is 0.228 e. The maximum absolute atomic E-state index is 12.3. The fourth-order valence-electron chi connectivity index (χ4n) is 3.67. The van der Waals surface area contributed by atoms with Crippen molar-refractivity contribution in [2.45, 2.75) is 13.0 Å². The van der Waals surface area contributed by atoms with E-state index in [2.05, 4.69) is 57.9 Å². The van der Waals surface area contributed by atoms with Crippen molar-refractivity contribution in [3.05, 3.63) is 77.4 Å². The molecule has 0 spiro atoms. The summed E-state index contributed by atoms with van der Waals surface area (Å²) in [4.78, 5) is 19.3. The minimum atomic E-state index is -0.0173. The van der Waals surface area contributed by atoms with Crippen molar-refractivity contribution in [2.75, 3.05) is 53.9 Å². The zero-order valence-electron chi connectivity index (χ0n) is 18.5. The lowest BCUT2D eigenvalue weighted by molar-refractivity contribution is -0.119. The van der Waals surface area contributed by atoms with E-state index in [-0.39, 0.29) is 5.91 Å². The molecule has 160 valence electrons. The van der Waals surface area contributed by atoms with Crippen LogP contribution in [0.3, 0.4) is 0 Å². The third-order valence-corrected chi connectivity index (χ3v) is 5.50. The van der Waals surface area contributed by atoms with Crippen LogP contribution in [0.15, 0.2) is 66.3 Å². The second-order valence-electron chi connectivity index (χ2n) is 8.47. The first-order valence-corrected chi connectivity index (χ1v) is 10.6. The molecule has 0 saturated carbocycles. The molecule has 1 N–H and O–H groups in total. The molecule has 2 aliphatic heterocycles. The molecular formula is C25H34N4O. The topological polar surface area (TPSA) is 38.8 Å². The van der Waals surface area contributed by atoms with E-state index in [1.807, 2.05) is 38.4 Å². The Hall–Kier alpha value is -2.47. The summed E-state index contributed by atoms with van der Waals surface area (Å²) in [6.07, 6.45) is 8.23. The molecule has 2 aliphatic rings. The molecule has 2 heterocycles. The molecule has 1 fully saturated rings. The van der Waals surface area contributed by atoms with Gasteiger partial charge in [-0.05, 0) is 49.5 Å². The van der Waals surface area contributed by atoms with E-state index in [1.165, 1.54) is 5.56 Å². The molecule has 3 rings (SSSR count). The van der Waals surface area contributed by atoms with Crippen LogP contribution in [0.4, 0.5) is 0 Å². The van der Waals surface area contributed by atoms with Crippen molar-refractivity contribution in [3.8, 4) is 0 Å². The van der Waals surface area contributed by atoms with Crippen molar-refractivity contribution in [2.24, 2.45) is 0 Å². The summed E-state index contributed by atoms with van der Waals surface area (Å²) < 4.78 is 0. The van der Waals surface area contributed by atoms with E-state index >= 15 is 0 Å². The van der Waals surface area contributed by atoms with Crippen LogP contribution in [0, 0.1) is 0 Å². The Bertz CT molecular complexity index is 840. The molecule has 1 aromatic carbocycles. The zero-order chi connectivity index (χ0) is 21.5. The average Bonchev–Trinajstić information content (AvgIpc) is 2.71. The molecule has 1 aromatic rings. The Morgan fingerprint density at radius 3 is 2.47 bits per heavy atom. The first-order chi connectivity index (χ1) is 14.4. The van der Waals surface area contributed by atoms with Crippen LogP contribution >= 0.6 is 0 Å². The fraction of sp³-hybridized carbons (Fsp3) is 0.400. The standard InChI is InChI=1S/C25H34N4O/c1-20-17-24(26-25(30)8-6-5-7-23(20)19-27(2)3)22-11-9-21(10-12-22)18-29-15-13-28(4)14-16-29/h5-7,9-12,17H,1,8,13-16,18-19H2,2-4H3,(H,26,30)/b6-5-,23-7?,24-17-. The Morgan fingerprint density at radius 2 is 1.80 bits per heavy atom. The molecule has 0 bridgehead atoms. The third-order valence-electron chi connectivity index (χ3n) is 5.50. The Morgan fingerprint density at radius 1 is 1.10 bits per heavy atom. The van der Waals surface area contributed by atoms with Crippen LogP contribution in [-0.2, 0) is 11.3 Å². The van der Waals surface area contributed by atoms with Crippen LogP contribution in [0.2, 0.25) is 0 Å². The number of likely N-dealkylation sites (N-methyl/N-ethyl adjacent to an activating group) is 2. The molecule has 30 heavy (non-hydrogen) atoms. The van der Waals surface area contributed by atoms with Gasteiger partial charge in [-0.2, -0.15) is 0 Å². The van der Waals surface area contributed by atoms with Crippen LogP contribution in [0.5, 0.6) is 0 Å². The van der Waals surface area contributed by atoms with Gasteiger partial charge in [0.15, 0.2) is 0 Å². The first-order valence-electron chi connectivity index (χ1n) is 10.6. The van der Waals surface area contributed by atoms with Gasteiger partial charge in [-0.15, -0.1) is 0 Å². The van der Waals surface area contributed by atoms with Gasteiger partial charge in [0.05, 0.1) is 0 Å². The van der Waals surface area contributed by atoms with Gasteiger partial charge in [0.25, 0.3) is 0 Å². The lowest BCUT2D eigenvalue weighted by Crippen LogP contribution is -2.43. The second-order valence-corrected chi connectivity index (χ2v) is 8.47. The van der Waals surface area contributed by atoms with E-state index in [4.69, 9.17) is 0 Å². The van der Waals surface area contributed by atoms with Crippen molar-refractivity contribution in [1.82, 2.24) is 20.0 Å². The molecule has 0 unspecified atom stereocenters. The van der Waals surface area contributed by atoms with Gasteiger partial charge in [-0.3, -0.25) is 9.69 Å². The largest absolute Gasteiger partial charge is 0.325 e. The molecule has 0 atom stereocenters. The summed E-state index contributed by atoms with van der Waals surface area (Å²) in [5, 5.41) is 3.07. The van der Waals surface area contributed by atoms with E-state index in [0.29, 0.717) is 6.42 Å². The van der Waals surface area contributed by atoms with Crippen molar-refractivity contribution in [1.29, 1.82) is 0 Å². The maximum atomic E-state index is 12.3. The zero-order valence-corrected chi connectivity index (χ0v) is 18.5. The lowest BCUT2D eigenvalue weighted by Gasteiger charge is -2.32. The number of carbonyl (C=O) groups is 1. The van der Waals surface area contributed by atoms with E-state index in [9.17, 15) is 4.79 Å². The molecule has 0 radical (unpaired) electrons. The molecule has 5 heteroatoms. The van der Waals surface area contributed by atoms with Gasteiger partial charge < -0.3 is 15.1 Å². The number of allylic oxidation sites excluding steroid dienone is 3. The number of nitrogens with one attached hydrogen (secondary N) is 1. The van der Waals surface area contributed by atoms with Crippen molar-refractivity contribution in [3.63, 3.8) is 0 Å². The normalized spacial score (nSPS) is 22.3. The SMILES string of the molecule is C=C1/C=C(/c2ccc(CN3CCN(C)CC3)cc2)NC(=O)C/C=C\C=C1CN(C)C. The summed E-state index contributed by atoms with van der Waals surface area (Å²) in [7, 11) is 6.26. The molecule has 1 amide bonds. The van der Waals surface area contributed by atoms with E-state index in [0.717, 1.165) is 61.7 Å². The fourth-order valence-corrected chi connectivity index (χ4v) is 3.67. The number of hydrogen-bond donors (Lipinski definition) is 1. The van der Waals surface area contributed by atoms with Crippen molar-refractivity contribution < 1.29 is 4.79 Å². The first kappa shape index (κ1) is 22.2. The summed E-state index contributed by atoms with van der Waals surface area (Å²) in [5.74, 6) is -0.0173. The molecule has 0 aliphatic carbocycles. The van der Waals surface area contributed by atoms with Crippen LogP contribution in [-0.4, -0.2) is 74.5 Å². The van der Waals surface area contributed by atoms with Gasteiger partial charge in [0.2, 0.25) is 5.91 Å². The number of hydrogen-bond acceptors (Lipinski definition) is 4. The summed E-state index contributed by atoms with van der Waals surface area (Å²) in [6, 6.07) is 8.53. The summed E-state index contributed by atoms with van der Waals surface area (Å²) in [5.41, 5.74) is 5.14. The third kappa shape index (κ3) is 6.52. The minimum absolute atomic E-state index is 0.0173. The predicted octanol–water partition coefficient (Wildman–Crippen LogP) is 2.90. The lowest BCUT2D eigenvalue weighted by atomic mass is 10.0. The predicted molar refractivity (Wildman–Crippen MR) is 125 cm³/mol. The number of piperazine rings is 1. The number of amides is 1. The van der Waals surface area contributed by atoms with Gasteiger partial charge >= 0.3 is 0 Å². The van der Waals surface area contributed by atoms with E-state index < -0.39 is 0 Å². The minimum Gasteiger partial charge on any atom is -0.325 e. The van der Waals surface area contributed by atoms with Gasteiger partial charge in [0.1, 0.15) is 0 Å². The van der Waals surface area contributed by atoms with Crippen molar-refractivity contribution >= 4 is 11.6 Å². The van der Waals surface area contributed by atoms with Gasteiger partial charge in [-0.25, -0.2) is 0 Å². The number of rotatable bonds is 5. The summed E-state index contributed by atoms with van der Waals surface area (Å²) in [6.45, 7) is 10.5. The highest BCUT2D eigenvalue weighted by molar-refractivity contribution is 5.88. The highest BCUT2D eigenvalue weighted by Gasteiger charge is 2.14. The average molecular weight is 407 g/mol. The monoisotopic (exact) mass is 406 g/mol. The number of benzene rings is 1. The van der Waals surface area contributed by atoms with Crippen LogP contribution < -0.4 is 5.32 Å². The number of carbonyl (C=O) groups excluding carboxylic acids is 1. The molecule has 5 nitrogen and oxygen atoms in total. The highest BCUT2D eigenvalue weighted by atomic mass is 16.1. The quantitative estimate of drug-likeness (QED) is 0.816. The highest BCUT2D eigenvalue weighted by Crippen LogP contribution is 2.20. The molecule has 1 saturated heterocycles. The van der Waals surface area contributed by atoms with Crippen LogP contribution in [0.25, 0.3) is 5.70 Å². The second kappa shape index (κ2) is 10.5. The van der Waals surface area contributed by atoms with Gasteiger partial charge in [-0.1, -0.05) is 49.1 Å². The number of nitrogens with zero attached hydrogens (tertiary/aromatic N) is 3. The summed E-state index contributed by atoms with van der Waals surface area (Å²) >= 11 is 0. The van der Waals surface area contributed by atoms with Crippen LogP contribution in [0.1, 0.15) is 17.5 Å². The molecule has 0 aromatic heterocycles. The Balaban J connectivity index is 1.77. The van der Waals surface area contributed by atoms with Gasteiger partial charge in [0, 0.05) is 51.4 Å². The maximum Gasteiger partial charge on any atom is 0.228 e. The molecular weight excluding hydrogens is 372 g/mol.